The van der Waals surface area contributed by atoms with E-state index in [2.05, 4.69) is 17.0 Å². The quantitative estimate of drug-likeness (QED) is 0.846. The molecule has 21 heavy (non-hydrogen) atoms. The van der Waals surface area contributed by atoms with Crippen molar-refractivity contribution in [1.29, 1.82) is 0 Å². The number of halogens is 2. The second-order valence-corrected chi connectivity index (χ2v) is 6.03. The SMILES string of the molecule is CC1CCC(O)(CNCc2ccc(OC(F)F)cc2)CC1. The number of ether oxygens (including phenoxy) is 1. The van der Waals surface area contributed by atoms with E-state index in [4.69, 9.17) is 0 Å². The first-order chi connectivity index (χ1) is 9.97. The normalized spacial score (nSPS) is 26.0. The third kappa shape index (κ3) is 5.25. The van der Waals surface area contributed by atoms with Crippen molar-refractivity contribution < 1.29 is 18.6 Å². The van der Waals surface area contributed by atoms with Crippen LogP contribution in [0.15, 0.2) is 24.3 Å². The van der Waals surface area contributed by atoms with Gasteiger partial charge in [0.2, 0.25) is 0 Å². The molecule has 0 aliphatic heterocycles. The van der Waals surface area contributed by atoms with E-state index in [1.54, 1.807) is 12.1 Å². The van der Waals surface area contributed by atoms with E-state index in [1.165, 1.54) is 12.1 Å². The maximum Gasteiger partial charge on any atom is 0.387 e. The van der Waals surface area contributed by atoms with Crippen LogP contribution >= 0.6 is 0 Å². The van der Waals surface area contributed by atoms with E-state index < -0.39 is 12.2 Å². The molecule has 1 saturated carbocycles. The Hall–Kier alpha value is -1.20. The molecule has 0 amide bonds. The Morgan fingerprint density at radius 2 is 1.90 bits per heavy atom. The molecule has 0 heterocycles. The molecule has 1 aliphatic carbocycles. The lowest BCUT2D eigenvalue weighted by atomic mass is 9.79. The topological polar surface area (TPSA) is 41.5 Å². The summed E-state index contributed by atoms with van der Waals surface area (Å²) in [6, 6.07) is 6.55. The highest BCUT2D eigenvalue weighted by Gasteiger charge is 2.31. The predicted molar refractivity (Wildman–Crippen MR) is 77.4 cm³/mol. The lowest BCUT2D eigenvalue weighted by Crippen LogP contribution is -2.43. The van der Waals surface area contributed by atoms with Crippen molar-refractivity contribution in [3.05, 3.63) is 29.8 Å². The monoisotopic (exact) mass is 299 g/mol. The van der Waals surface area contributed by atoms with Crippen LogP contribution in [0.2, 0.25) is 0 Å². The molecule has 0 unspecified atom stereocenters. The van der Waals surface area contributed by atoms with Crippen molar-refractivity contribution in [1.82, 2.24) is 5.32 Å². The smallest absolute Gasteiger partial charge is 0.387 e. The number of aliphatic hydroxyl groups is 1. The molecule has 0 spiro atoms. The van der Waals surface area contributed by atoms with Gasteiger partial charge in [-0.15, -0.1) is 0 Å². The molecule has 1 aromatic carbocycles. The van der Waals surface area contributed by atoms with Gasteiger partial charge in [-0.3, -0.25) is 0 Å². The Bertz CT molecular complexity index is 428. The summed E-state index contributed by atoms with van der Waals surface area (Å²) in [5.41, 5.74) is 0.370. The van der Waals surface area contributed by atoms with Crippen LogP contribution in [0.25, 0.3) is 0 Å². The first-order valence-corrected chi connectivity index (χ1v) is 7.44. The fourth-order valence-electron chi connectivity index (χ4n) is 2.70. The van der Waals surface area contributed by atoms with Crippen molar-refractivity contribution in [2.75, 3.05) is 6.54 Å². The van der Waals surface area contributed by atoms with Gasteiger partial charge in [-0.2, -0.15) is 8.78 Å². The molecular formula is C16H23F2NO2. The maximum atomic E-state index is 12.0. The van der Waals surface area contributed by atoms with E-state index in [1.807, 2.05) is 0 Å². The van der Waals surface area contributed by atoms with Crippen LogP contribution in [0.5, 0.6) is 5.75 Å². The molecule has 0 radical (unpaired) electrons. The molecule has 2 N–H and O–H groups in total. The van der Waals surface area contributed by atoms with Gasteiger partial charge in [0.25, 0.3) is 0 Å². The minimum atomic E-state index is -2.79. The zero-order valence-electron chi connectivity index (χ0n) is 12.3. The third-order valence-corrected chi connectivity index (χ3v) is 4.14. The van der Waals surface area contributed by atoms with Crippen molar-refractivity contribution in [3.8, 4) is 5.75 Å². The van der Waals surface area contributed by atoms with Crippen molar-refractivity contribution in [2.24, 2.45) is 5.92 Å². The third-order valence-electron chi connectivity index (χ3n) is 4.14. The average molecular weight is 299 g/mol. The van der Waals surface area contributed by atoms with E-state index in [0.29, 0.717) is 19.0 Å². The first kappa shape index (κ1) is 16.2. The Morgan fingerprint density at radius 3 is 2.48 bits per heavy atom. The molecule has 0 saturated heterocycles. The Kier molecular flexibility index (Phi) is 5.53. The Balaban J connectivity index is 1.75. The van der Waals surface area contributed by atoms with E-state index in [9.17, 15) is 13.9 Å². The summed E-state index contributed by atoms with van der Waals surface area (Å²) in [6.07, 6.45) is 3.81. The molecule has 2 rings (SSSR count). The molecule has 5 heteroatoms. The van der Waals surface area contributed by atoms with Crippen molar-refractivity contribution in [3.63, 3.8) is 0 Å². The predicted octanol–water partition coefficient (Wildman–Crippen LogP) is 3.32. The summed E-state index contributed by atoms with van der Waals surface area (Å²) in [5.74, 6) is 0.862. The highest BCUT2D eigenvalue weighted by atomic mass is 19.3. The van der Waals surface area contributed by atoms with Crippen molar-refractivity contribution in [2.45, 2.75) is 51.4 Å². The van der Waals surface area contributed by atoms with Crippen LogP contribution in [0, 0.1) is 5.92 Å². The number of alkyl halides is 2. The number of benzene rings is 1. The van der Waals surface area contributed by atoms with E-state index in [-0.39, 0.29) is 5.75 Å². The zero-order valence-corrected chi connectivity index (χ0v) is 12.3. The molecule has 1 fully saturated rings. The molecule has 3 nitrogen and oxygen atoms in total. The van der Waals surface area contributed by atoms with Gasteiger partial charge in [0.15, 0.2) is 0 Å². The Morgan fingerprint density at radius 1 is 1.29 bits per heavy atom. The van der Waals surface area contributed by atoms with Gasteiger partial charge < -0.3 is 15.2 Å². The number of rotatable bonds is 6. The van der Waals surface area contributed by atoms with Crippen LogP contribution in [0.3, 0.4) is 0 Å². The van der Waals surface area contributed by atoms with Crippen LogP contribution < -0.4 is 10.1 Å². The van der Waals surface area contributed by atoms with Crippen LogP contribution in [0.1, 0.15) is 38.2 Å². The van der Waals surface area contributed by atoms with Gasteiger partial charge >= 0.3 is 6.61 Å². The van der Waals surface area contributed by atoms with E-state index in [0.717, 1.165) is 31.2 Å². The minimum absolute atomic E-state index is 0.161. The van der Waals surface area contributed by atoms with Gasteiger partial charge in [-0.1, -0.05) is 19.1 Å². The zero-order chi connectivity index (χ0) is 15.3. The Labute approximate surface area is 124 Å². The molecule has 0 bridgehead atoms. The lowest BCUT2D eigenvalue weighted by Gasteiger charge is -2.35. The number of nitrogens with one attached hydrogen (secondary N) is 1. The van der Waals surface area contributed by atoms with Crippen molar-refractivity contribution >= 4 is 0 Å². The molecule has 1 aliphatic rings. The summed E-state index contributed by atoms with van der Waals surface area (Å²) in [7, 11) is 0. The summed E-state index contributed by atoms with van der Waals surface area (Å²) in [6.45, 7) is 0.592. The van der Waals surface area contributed by atoms with E-state index >= 15 is 0 Å². The number of hydrogen-bond donors (Lipinski definition) is 2. The van der Waals surface area contributed by atoms with Gasteiger partial charge in [0, 0.05) is 13.1 Å². The largest absolute Gasteiger partial charge is 0.435 e. The summed E-state index contributed by atoms with van der Waals surface area (Å²) >= 11 is 0. The van der Waals surface area contributed by atoms with Gasteiger partial charge in [0.1, 0.15) is 5.75 Å². The summed E-state index contributed by atoms with van der Waals surface area (Å²) in [4.78, 5) is 0. The minimum Gasteiger partial charge on any atom is -0.435 e. The summed E-state index contributed by atoms with van der Waals surface area (Å²) < 4.78 is 28.4. The lowest BCUT2D eigenvalue weighted by molar-refractivity contribution is -0.0498. The van der Waals surface area contributed by atoms with Gasteiger partial charge in [-0.25, -0.2) is 0 Å². The van der Waals surface area contributed by atoms with Crippen LogP contribution in [0.4, 0.5) is 8.78 Å². The molecule has 0 aromatic heterocycles. The van der Waals surface area contributed by atoms with Crippen LogP contribution in [-0.2, 0) is 6.54 Å². The summed E-state index contributed by atoms with van der Waals surface area (Å²) in [5, 5.41) is 13.7. The highest BCUT2D eigenvalue weighted by Crippen LogP contribution is 2.31. The number of hydrogen-bond acceptors (Lipinski definition) is 3. The van der Waals surface area contributed by atoms with Crippen LogP contribution in [-0.4, -0.2) is 23.9 Å². The maximum absolute atomic E-state index is 12.0. The van der Waals surface area contributed by atoms with Gasteiger partial charge in [0.05, 0.1) is 5.60 Å². The second-order valence-electron chi connectivity index (χ2n) is 6.03. The fourth-order valence-corrected chi connectivity index (χ4v) is 2.70. The standard InChI is InChI=1S/C16H23F2NO2/c1-12-6-8-16(20,9-7-12)11-19-10-13-2-4-14(5-3-13)21-15(17)18/h2-5,12,15,19-20H,6-11H2,1H3. The molecular weight excluding hydrogens is 276 g/mol. The molecule has 118 valence electrons. The average Bonchev–Trinajstić information content (AvgIpc) is 2.44. The fraction of sp³-hybridized carbons (Fsp3) is 0.625. The highest BCUT2D eigenvalue weighted by molar-refractivity contribution is 5.27. The molecule has 0 atom stereocenters. The first-order valence-electron chi connectivity index (χ1n) is 7.44. The van der Waals surface area contributed by atoms with Gasteiger partial charge in [-0.05, 0) is 49.3 Å². The molecule has 1 aromatic rings. The second kappa shape index (κ2) is 7.18.